The van der Waals surface area contributed by atoms with Crippen LogP contribution in [0.5, 0.6) is 5.75 Å². The molecule has 208 valence electrons. The normalized spacial score (nSPS) is 11.4. The Morgan fingerprint density at radius 1 is 0.976 bits per heavy atom. The second-order valence-corrected chi connectivity index (χ2v) is 9.85. The molecule has 5 aromatic rings. The molecule has 0 unspecified atom stereocenters. The van der Waals surface area contributed by atoms with Gasteiger partial charge in [0.15, 0.2) is 0 Å². The Labute approximate surface area is 245 Å². The molecule has 1 amide bonds. The molecule has 0 spiro atoms. The quantitative estimate of drug-likeness (QED) is 0.0878. The molecule has 0 radical (unpaired) electrons. The van der Waals surface area contributed by atoms with Gasteiger partial charge in [0.05, 0.1) is 28.4 Å². The van der Waals surface area contributed by atoms with Crippen LogP contribution in [0.4, 0.5) is 13.2 Å². The summed E-state index contributed by atoms with van der Waals surface area (Å²) in [6, 6.07) is 25.0. The van der Waals surface area contributed by atoms with Gasteiger partial charge in [-0.1, -0.05) is 64.5 Å². The highest BCUT2D eigenvalue weighted by Crippen LogP contribution is 2.34. The summed E-state index contributed by atoms with van der Waals surface area (Å²) in [5.41, 5.74) is 3.84. The lowest BCUT2D eigenvalue weighted by Crippen LogP contribution is -2.19. The molecule has 2 N–H and O–H groups in total. The fraction of sp³-hybridized carbons (Fsp3) is 0.0323. The Morgan fingerprint density at radius 3 is 2.48 bits per heavy atom. The molecule has 0 aliphatic rings. The number of benzene rings is 4. The number of carbonyl (C=O) groups excluding carboxylic acids is 2. The number of nitriles is 1. The third kappa shape index (κ3) is 5.94. The Morgan fingerprint density at radius 2 is 1.74 bits per heavy atom. The van der Waals surface area contributed by atoms with Gasteiger partial charge in [0.1, 0.15) is 17.5 Å². The Bertz CT molecular complexity index is 1890. The number of alkyl halides is 3. The van der Waals surface area contributed by atoms with E-state index in [1.54, 1.807) is 24.3 Å². The summed E-state index contributed by atoms with van der Waals surface area (Å²) < 4.78 is 45.2. The highest BCUT2D eigenvalue weighted by atomic mass is 79.9. The predicted octanol–water partition coefficient (Wildman–Crippen LogP) is 7.47. The van der Waals surface area contributed by atoms with Crippen molar-refractivity contribution in [1.82, 2.24) is 10.4 Å². The number of nitrogens with zero attached hydrogens (tertiary/aromatic N) is 2. The van der Waals surface area contributed by atoms with Gasteiger partial charge in [-0.15, -0.1) is 0 Å². The summed E-state index contributed by atoms with van der Waals surface area (Å²) in [6.45, 7) is 0. The number of nitrogens with one attached hydrogen (secondary N) is 2. The van der Waals surface area contributed by atoms with Crippen LogP contribution in [0.1, 0.15) is 37.5 Å². The molecule has 4 aromatic carbocycles. The van der Waals surface area contributed by atoms with Crippen LogP contribution >= 0.6 is 15.9 Å². The van der Waals surface area contributed by atoms with Gasteiger partial charge in [0.25, 0.3) is 5.91 Å². The number of halogens is 4. The van der Waals surface area contributed by atoms with Crippen molar-refractivity contribution >= 4 is 44.9 Å². The van der Waals surface area contributed by atoms with E-state index >= 15 is 0 Å². The van der Waals surface area contributed by atoms with Crippen molar-refractivity contribution in [3.8, 4) is 22.9 Å². The standard InChI is InChI=1S/C31H18BrF3N4O3/c32-23-12-13-25(42-30(41)19-8-4-10-22(14-19)31(33,34)35)21(15-23)17-37-39-29(40)28-26(18-6-2-1-3-7-18)24-11-5-9-20(16-36)27(24)38-28/h1-15,17,38H,(H,39,40). The number of aromatic nitrogens is 1. The van der Waals surface area contributed by atoms with Crippen LogP contribution in [0.2, 0.25) is 0 Å². The molecule has 1 heterocycles. The zero-order valence-corrected chi connectivity index (χ0v) is 23.0. The Hall–Kier alpha value is -5.21. The van der Waals surface area contributed by atoms with E-state index in [-0.39, 0.29) is 22.6 Å². The average Bonchev–Trinajstić information content (AvgIpc) is 3.38. The summed E-state index contributed by atoms with van der Waals surface area (Å²) >= 11 is 3.32. The summed E-state index contributed by atoms with van der Waals surface area (Å²) in [4.78, 5) is 29.0. The van der Waals surface area contributed by atoms with E-state index in [1.807, 2.05) is 36.4 Å². The van der Waals surface area contributed by atoms with Crippen LogP contribution < -0.4 is 10.2 Å². The minimum atomic E-state index is -4.62. The van der Waals surface area contributed by atoms with Gasteiger partial charge < -0.3 is 9.72 Å². The average molecular weight is 631 g/mol. The number of hydrogen-bond donors (Lipinski definition) is 2. The fourth-order valence-corrected chi connectivity index (χ4v) is 4.68. The number of esters is 1. The molecular formula is C31H18BrF3N4O3. The highest BCUT2D eigenvalue weighted by molar-refractivity contribution is 9.10. The third-order valence-corrected chi connectivity index (χ3v) is 6.71. The number of rotatable bonds is 6. The van der Waals surface area contributed by atoms with Crippen LogP contribution in [0.25, 0.3) is 22.0 Å². The van der Waals surface area contributed by atoms with Crippen LogP contribution in [0.3, 0.4) is 0 Å². The van der Waals surface area contributed by atoms with Gasteiger partial charge in [-0.25, -0.2) is 10.2 Å². The van der Waals surface area contributed by atoms with E-state index in [2.05, 4.69) is 37.5 Å². The van der Waals surface area contributed by atoms with Gasteiger partial charge in [-0.05, 0) is 48.0 Å². The molecule has 42 heavy (non-hydrogen) atoms. The van der Waals surface area contributed by atoms with Crippen LogP contribution in [-0.4, -0.2) is 23.1 Å². The molecule has 0 aliphatic carbocycles. The fourth-order valence-electron chi connectivity index (χ4n) is 4.30. The third-order valence-electron chi connectivity index (χ3n) is 6.21. The molecule has 7 nitrogen and oxygen atoms in total. The number of hydrogen-bond acceptors (Lipinski definition) is 5. The largest absolute Gasteiger partial charge is 0.422 e. The maximum absolute atomic E-state index is 13.3. The second kappa shape index (κ2) is 11.7. The molecule has 5 rings (SSSR count). The smallest absolute Gasteiger partial charge is 0.416 e. The van der Waals surface area contributed by atoms with Crippen LogP contribution in [-0.2, 0) is 6.18 Å². The maximum atomic E-state index is 13.3. The van der Waals surface area contributed by atoms with E-state index in [0.29, 0.717) is 32.6 Å². The van der Waals surface area contributed by atoms with E-state index in [4.69, 9.17) is 4.74 Å². The molecule has 0 saturated heterocycles. The Balaban J connectivity index is 1.42. The first kappa shape index (κ1) is 28.3. The zero-order valence-electron chi connectivity index (χ0n) is 21.4. The van der Waals surface area contributed by atoms with Crippen molar-refractivity contribution in [3.05, 3.63) is 123 Å². The molecule has 0 bridgehead atoms. The lowest BCUT2D eigenvalue weighted by molar-refractivity contribution is -0.137. The molecule has 0 fully saturated rings. The lowest BCUT2D eigenvalue weighted by atomic mass is 10.0. The number of carbonyl (C=O) groups is 2. The van der Waals surface area contributed by atoms with Crippen molar-refractivity contribution in [1.29, 1.82) is 5.26 Å². The summed E-state index contributed by atoms with van der Waals surface area (Å²) in [7, 11) is 0. The van der Waals surface area contributed by atoms with Crippen molar-refractivity contribution in [3.63, 3.8) is 0 Å². The summed E-state index contributed by atoms with van der Waals surface area (Å²) in [5.74, 6) is -1.59. The van der Waals surface area contributed by atoms with Gasteiger partial charge in [-0.3, -0.25) is 4.79 Å². The highest BCUT2D eigenvalue weighted by Gasteiger charge is 2.31. The van der Waals surface area contributed by atoms with Crippen molar-refractivity contribution in [2.24, 2.45) is 5.10 Å². The lowest BCUT2D eigenvalue weighted by Gasteiger charge is -2.10. The maximum Gasteiger partial charge on any atom is 0.416 e. The first-order valence-electron chi connectivity index (χ1n) is 12.3. The first-order chi connectivity index (χ1) is 20.2. The monoisotopic (exact) mass is 630 g/mol. The SMILES string of the molecule is N#Cc1cccc2c(-c3ccccc3)c(C(=O)NN=Cc3cc(Br)ccc3OC(=O)c3cccc(C(F)(F)F)c3)[nH]c12. The number of amides is 1. The van der Waals surface area contributed by atoms with Gasteiger partial charge in [-0.2, -0.15) is 23.5 Å². The van der Waals surface area contributed by atoms with Crippen LogP contribution in [0, 0.1) is 11.3 Å². The van der Waals surface area contributed by atoms with E-state index in [1.165, 1.54) is 18.3 Å². The van der Waals surface area contributed by atoms with Crippen LogP contribution in [0.15, 0.2) is 101 Å². The number of aromatic amines is 1. The van der Waals surface area contributed by atoms with E-state index in [9.17, 15) is 28.0 Å². The van der Waals surface area contributed by atoms with Gasteiger partial charge in [0, 0.05) is 21.0 Å². The summed E-state index contributed by atoms with van der Waals surface area (Å²) in [6.07, 6.45) is -3.38. The molecule has 0 saturated carbocycles. The Kier molecular flexibility index (Phi) is 7.91. The van der Waals surface area contributed by atoms with Gasteiger partial charge >= 0.3 is 12.1 Å². The topological polar surface area (TPSA) is 107 Å². The second-order valence-electron chi connectivity index (χ2n) is 8.93. The number of fused-ring (bicyclic) bond motifs is 1. The minimum absolute atomic E-state index is 0.00728. The molecular weight excluding hydrogens is 613 g/mol. The predicted molar refractivity (Wildman–Crippen MR) is 154 cm³/mol. The molecule has 1 aromatic heterocycles. The number of H-pyrrole nitrogens is 1. The number of para-hydroxylation sites is 1. The van der Waals surface area contributed by atoms with Crippen molar-refractivity contribution in [2.75, 3.05) is 0 Å². The van der Waals surface area contributed by atoms with E-state index in [0.717, 1.165) is 17.7 Å². The van der Waals surface area contributed by atoms with Crippen molar-refractivity contribution < 1.29 is 27.5 Å². The van der Waals surface area contributed by atoms with Crippen molar-refractivity contribution in [2.45, 2.75) is 6.18 Å². The summed E-state index contributed by atoms with van der Waals surface area (Å²) in [5, 5.41) is 14.3. The molecule has 11 heteroatoms. The zero-order chi connectivity index (χ0) is 29.9. The molecule has 0 aliphatic heterocycles. The van der Waals surface area contributed by atoms with Gasteiger partial charge in [0.2, 0.25) is 0 Å². The first-order valence-corrected chi connectivity index (χ1v) is 13.1. The molecule has 0 atom stereocenters. The van der Waals surface area contributed by atoms with E-state index < -0.39 is 23.6 Å². The number of ether oxygens (including phenoxy) is 1. The number of hydrazone groups is 1. The minimum Gasteiger partial charge on any atom is -0.422 e.